The Morgan fingerprint density at radius 1 is 1.31 bits per heavy atom. The van der Waals surface area contributed by atoms with Crippen LogP contribution in [0.5, 0.6) is 5.75 Å². The third kappa shape index (κ3) is 5.68. The Balaban J connectivity index is 1.57. The number of thiophene rings is 1. The number of likely N-dealkylation sites (N-methyl/N-ethyl adjacent to an activating group) is 1. The van der Waals surface area contributed by atoms with Crippen LogP contribution in [-0.2, 0) is 0 Å². The van der Waals surface area contributed by atoms with E-state index in [1.165, 1.54) is 16.7 Å². The number of hydrogen-bond acceptors (Lipinski definition) is 8. The number of rotatable bonds is 8. The summed E-state index contributed by atoms with van der Waals surface area (Å²) in [5.41, 5.74) is 1.18. The summed E-state index contributed by atoms with van der Waals surface area (Å²) >= 11 is 3.00. The standard InChI is InChI=1S/C24H27N5O4S2/c1-27-11-12-29(22(30)18-15-25-23(34-3)26-21(18)27)16-6-4-7-17(14-16)33-19(20-8-5-13-35-20)9-10-28(2)24(31)32/h4-8,13-15,19H,9-12H2,1-3H3,(H,31,32)/t19-/m0/s1. The normalized spacial score (nSPS) is 14.3. The predicted octanol–water partition coefficient (Wildman–Crippen LogP) is 4.48. The molecule has 0 aliphatic carbocycles. The lowest BCUT2D eigenvalue weighted by molar-refractivity contribution is 0.0989. The van der Waals surface area contributed by atoms with Crippen molar-refractivity contribution >= 4 is 46.6 Å². The Hall–Kier alpha value is -3.31. The van der Waals surface area contributed by atoms with Crippen molar-refractivity contribution in [3.05, 3.63) is 58.4 Å². The molecule has 2 aromatic heterocycles. The van der Waals surface area contributed by atoms with Gasteiger partial charge in [-0.3, -0.25) is 4.79 Å². The number of ether oxygens (including phenoxy) is 1. The summed E-state index contributed by atoms with van der Waals surface area (Å²) in [7, 11) is 3.46. The topological polar surface area (TPSA) is 99.1 Å². The van der Waals surface area contributed by atoms with Crippen molar-refractivity contribution in [2.24, 2.45) is 0 Å². The highest BCUT2D eigenvalue weighted by atomic mass is 32.2. The van der Waals surface area contributed by atoms with Crippen molar-refractivity contribution in [2.45, 2.75) is 17.7 Å². The highest BCUT2D eigenvalue weighted by molar-refractivity contribution is 7.98. The first kappa shape index (κ1) is 24.8. The molecule has 3 heterocycles. The third-order valence-corrected chi connectivity index (χ3v) is 7.27. The Kier molecular flexibility index (Phi) is 7.76. The van der Waals surface area contributed by atoms with Gasteiger partial charge in [-0.15, -0.1) is 11.3 Å². The molecule has 3 aromatic rings. The second kappa shape index (κ2) is 11.0. The monoisotopic (exact) mass is 513 g/mol. The van der Waals surface area contributed by atoms with Crippen LogP contribution in [0.15, 0.2) is 53.1 Å². The highest BCUT2D eigenvalue weighted by Crippen LogP contribution is 2.32. The number of anilines is 2. The van der Waals surface area contributed by atoms with Gasteiger partial charge >= 0.3 is 6.09 Å². The van der Waals surface area contributed by atoms with E-state index in [2.05, 4.69) is 9.97 Å². The molecule has 9 nitrogen and oxygen atoms in total. The molecule has 1 aromatic carbocycles. The number of amides is 2. The van der Waals surface area contributed by atoms with Gasteiger partial charge < -0.3 is 24.5 Å². The summed E-state index contributed by atoms with van der Waals surface area (Å²) in [5, 5.41) is 11.8. The number of benzene rings is 1. The molecule has 184 valence electrons. The number of carbonyl (C=O) groups is 2. The molecule has 4 rings (SSSR count). The molecule has 0 bridgehead atoms. The summed E-state index contributed by atoms with van der Waals surface area (Å²) in [6.07, 6.45) is 2.72. The number of thioether (sulfide) groups is 1. The molecule has 0 unspecified atom stereocenters. The number of carbonyl (C=O) groups excluding carboxylic acids is 1. The summed E-state index contributed by atoms with van der Waals surface area (Å²) in [6.45, 7) is 1.44. The van der Waals surface area contributed by atoms with Gasteiger partial charge in [0.1, 0.15) is 23.2 Å². The molecule has 1 atom stereocenters. The van der Waals surface area contributed by atoms with Gasteiger partial charge in [0, 0.05) is 63.0 Å². The molecule has 0 spiro atoms. The van der Waals surface area contributed by atoms with Crippen LogP contribution in [0.4, 0.5) is 16.3 Å². The Morgan fingerprint density at radius 3 is 2.86 bits per heavy atom. The molecule has 2 amide bonds. The molecular formula is C24H27N5O4S2. The largest absolute Gasteiger partial charge is 0.485 e. The van der Waals surface area contributed by atoms with Gasteiger partial charge in [0.2, 0.25) is 0 Å². The number of nitrogens with zero attached hydrogens (tertiary/aromatic N) is 5. The fraction of sp³-hybridized carbons (Fsp3) is 0.333. The van der Waals surface area contributed by atoms with E-state index >= 15 is 0 Å². The molecule has 11 heteroatoms. The zero-order chi connectivity index (χ0) is 24.9. The summed E-state index contributed by atoms with van der Waals surface area (Å²) in [6, 6.07) is 11.4. The Morgan fingerprint density at radius 2 is 2.14 bits per heavy atom. The van der Waals surface area contributed by atoms with Crippen LogP contribution in [0, 0.1) is 0 Å². The van der Waals surface area contributed by atoms with Crippen LogP contribution in [0.3, 0.4) is 0 Å². The van der Waals surface area contributed by atoms with Crippen molar-refractivity contribution in [1.29, 1.82) is 0 Å². The first-order chi connectivity index (χ1) is 16.9. The number of hydrogen-bond donors (Lipinski definition) is 1. The first-order valence-electron chi connectivity index (χ1n) is 11.1. The minimum atomic E-state index is -0.976. The minimum absolute atomic E-state index is 0.160. The minimum Gasteiger partial charge on any atom is -0.485 e. The Bertz CT molecular complexity index is 1190. The molecule has 1 aliphatic heterocycles. The lowest BCUT2D eigenvalue weighted by atomic mass is 10.2. The van der Waals surface area contributed by atoms with E-state index in [9.17, 15) is 14.7 Å². The van der Waals surface area contributed by atoms with Crippen LogP contribution in [0.25, 0.3) is 0 Å². The smallest absolute Gasteiger partial charge is 0.407 e. The SMILES string of the molecule is CSc1ncc2c(n1)N(C)CCN(c1cccc(O[C@@H](CCN(C)C(=O)O)c3cccs3)c1)C2=O. The fourth-order valence-electron chi connectivity index (χ4n) is 3.78. The molecule has 1 aliphatic rings. The van der Waals surface area contributed by atoms with Gasteiger partial charge in [-0.25, -0.2) is 14.8 Å². The number of aromatic nitrogens is 2. The van der Waals surface area contributed by atoms with Gasteiger partial charge in [0.15, 0.2) is 5.16 Å². The fourth-order valence-corrected chi connectivity index (χ4v) is 4.90. The molecule has 35 heavy (non-hydrogen) atoms. The maximum absolute atomic E-state index is 13.5. The highest BCUT2D eigenvalue weighted by Gasteiger charge is 2.28. The van der Waals surface area contributed by atoms with E-state index in [1.807, 2.05) is 60.0 Å². The van der Waals surface area contributed by atoms with E-state index < -0.39 is 6.09 Å². The van der Waals surface area contributed by atoms with Gasteiger partial charge in [-0.1, -0.05) is 23.9 Å². The maximum Gasteiger partial charge on any atom is 0.407 e. The van der Waals surface area contributed by atoms with Gasteiger partial charge in [0.05, 0.1) is 0 Å². The van der Waals surface area contributed by atoms with Crippen LogP contribution in [-0.4, -0.2) is 72.0 Å². The van der Waals surface area contributed by atoms with Crippen LogP contribution < -0.4 is 14.5 Å². The van der Waals surface area contributed by atoms with Crippen molar-refractivity contribution in [3.63, 3.8) is 0 Å². The first-order valence-corrected chi connectivity index (χ1v) is 13.2. The molecule has 0 radical (unpaired) electrons. The lowest BCUT2D eigenvalue weighted by Gasteiger charge is -2.24. The van der Waals surface area contributed by atoms with Crippen molar-refractivity contribution in [1.82, 2.24) is 14.9 Å². The quantitative estimate of drug-likeness (QED) is 0.348. The molecule has 0 fully saturated rings. The van der Waals surface area contributed by atoms with E-state index in [-0.39, 0.29) is 12.0 Å². The molecule has 0 saturated carbocycles. The lowest BCUT2D eigenvalue weighted by Crippen LogP contribution is -2.33. The number of fused-ring (bicyclic) bond motifs is 1. The van der Waals surface area contributed by atoms with Gasteiger partial charge in [-0.2, -0.15) is 0 Å². The zero-order valence-electron chi connectivity index (χ0n) is 19.7. The van der Waals surface area contributed by atoms with E-state index in [0.29, 0.717) is 48.3 Å². The van der Waals surface area contributed by atoms with E-state index in [1.54, 1.807) is 29.5 Å². The van der Waals surface area contributed by atoms with Crippen LogP contribution in [0.2, 0.25) is 0 Å². The summed E-state index contributed by atoms with van der Waals surface area (Å²) in [5.74, 6) is 1.08. The van der Waals surface area contributed by atoms with Gasteiger partial charge in [0.25, 0.3) is 5.91 Å². The van der Waals surface area contributed by atoms with Crippen molar-refractivity contribution < 1.29 is 19.4 Å². The average molecular weight is 514 g/mol. The predicted molar refractivity (Wildman–Crippen MR) is 138 cm³/mol. The number of carboxylic acid groups (broad SMARTS) is 1. The maximum atomic E-state index is 13.5. The molecular weight excluding hydrogens is 486 g/mol. The second-order valence-electron chi connectivity index (χ2n) is 8.08. The van der Waals surface area contributed by atoms with E-state index in [0.717, 1.165) is 10.6 Å². The zero-order valence-corrected chi connectivity index (χ0v) is 21.4. The second-order valence-corrected chi connectivity index (χ2v) is 9.84. The Labute approximate surface area is 212 Å². The van der Waals surface area contributed by atoms with Crippen LogP contribution >= 0.6 is 23.1 Å². The van der Waals surface area contributed by atoms with Crippen LogP contribution in [0.1, 0.15) is 27.8 Å². The summed E-state index contributed by atoms with van der Waals surface area (Å²) < 4.78 is 6.32. The molecule has 1 N–H and O–H groups in total. The van der Waals surface area contributed by atoms with Crippen molar-refractivity contribution in [3.8, 4) is 5.75 Å². The van der Waals surface area contributed by atoms with Gasteiger partial charge in [-0.05, 0) is 29.8 Å². The van der Waals surface area contributed by atoms with E-state index in [4.69, 9.17) is 4.74 Å². The molecule has 0 saturated heterocycles. The average Bonchev–Trinajstić information content (AvgIpc) is 3.37. The summed E-state index contributed by atoms with van der Waals surface area (Å²) in [4.78, 5) is 39.5. The van der Waals surface area contributed by atoms with Crippen molar-refractivity contribution in [2.75, 3.05) is 49.8 Å². The third-order valence-electron chi connectivity index (χ3n) is 5.75.